The van der Waals surface area contributed by atoms with Gasteiger partial charge < -0.3 is 15.5 Å². The summed E-state index contributed by atoms with van der Waals surface area (Å²) < 4.78 is 5.69. The Kier molecular flexibility index (Phi) is 5.80. The lowest BCUT2D eigenvalue weighted by Crippen LogP contribution is -2.23. The molecular formula is C14H21N3O. The third-order valence-electron chi connectivity index (χ3n) is 2.59. The van der Waals surface area contributed by atoms with Crippen LogP contribution in [-0.4, -0.2) is 13.7 Å². The van der Waals surface area contributed by atoms with E-state index < -0.39 is 0 Å². The zero-order valence-electron chi connectivity index (χ0n) is 11.2. The molecule has 0 amide bonds. The minimum absolute atomic E-state index is 0.513. The third-order valence-corrected chi connectivity index (χ3v) is 2.59. The van der Waals surface area contributed by atoms with E-state index >= 15 is 0 Å². The topological polar surface area (TPSA) is 59.3 Å². The van der Waals surface area contributed by atoms with Crippen LogP contribution in [0, 0.1) is 6.92 Å². The predicted molar refractivity (Wildman–Crippen MR) is 74.9 cm³/mol. The van der Waals surface area contributed by atoms with Crippen molar-refractivity contribution in [2.24, 2.45) is 5.84 Å². The van der Waals surface area contributed by atoms with E-state index in [1.54, 1.807) is 6.20 Å². The normalized spacial score (nSPS) is 12.2. The number of aryl methyl sites for hydroxylation is 1. The van der Waals surface area contributed by atoms with Crippen LogP contribution in [0.3, 0.4) is 0 Å². The van der Waals surface area contributed by atoms with E-state index in [0.29, 0.717) is 6.61 Å². The SMILES string of the molecule is CN/C=C(NN)\C(C)=C/COc1ccccc1C. The average molecular weight is 247 g/mol. The highest BCUT2D eigenvalue weighted by atomic mass is 16.5. The molecule has 0 aliphatic carbocycles. The monoisotopic (exact) mass is 247 g/mol. The summed E-state index contributed by atoms with van der Waals surface area (Å²) in [5.41, 5.74) is 5.64. The Morgan fingerprint density at radius 2 is 2.11 bits per heavy atom. The van der Waals surface area contributed by atoms with Crippen LogP contribution in [0.15, 0.2) is 47.8 Å². The maximum absolute atomic E-state index is 5.69. The molecule has 0 radical (unpaired) electrons. The van der Waals surface area contributed by atoms with Crippen LogP contribution in [-0.2, 0) is 0 Å². The lowest BCUT2D eigenvalue weighted by Gasteiger charge is -2.09. The fourth-order valence-corrected chi connectivity index (χ4v) is 1.50. The minimum Gasteiger partial charge on any atom is -0.489 e. The van der Waals surface area contributed by atoms with Gasteiger partial charge in [-0.15, -0.1) is 0 Å². The predicted octanol–water partition coefficient (Wildman–Crippen LogP) is 1.84. The zero-order chi connectivity index (χ0) is 13.4. The molecule has 4 N–H and O–H groups in total. The zero-order valence-corrected chi connectivity index (χ0v) is 11.2. The van der Waals surface area contributed by atoms with Gasteiger partial charge >= 0.3 is 0 Å². The number of nitrogens with two attached hydrogens (primary N) is 1. The molecule has 0 saturated heterocycles. The number of para-hydroxylation sites is 1. The summed E-state index contributed by atoms with van der Waals surface area (Å²) in [7, 11) is 1.83. The van der Waals surface area contributed by atoms with Crippen molar-refractivity contribution in [1.29, 1.82) is 0 Å². The summed E-state index contributed by atoms with van der Waals surface area (Å²) in [6.07, 6.45) is 3.79. The van der Waals surface area contributed by atoms with Gasteiger partial charge in [0.05, 0.1) is 5.70 Å². The molecular weight excluding hydrogens is 226 g/mol. The lowest BCUT2D eigenvalue weighted by molar-refractivity contribution is 0.359. The summed E-state index contributed by atoms with van der Waals surface area (Å²) >= 11 is 0. The molecule has 0 spiro atoms. The molecule has 0 saturated carbocycles. The molecule has 0 aliphatic rings. The maximum Gasteiger partial charge on any atom is 0.122 e. The van der Waals surface area contributed by atoms with E-state index in [1.165, 1.54) is 0 Å². The van der Waals surface area contributed by atoms with Crippen LogP contribution < -0.4 is 21.3 Å². The first-order valence-corrected chi connectivity index (χ1v) is 5.88. The molecule has 4 nitrogen and oxygen atoms in total. The van der Waals surface area contributed by atoms with Gasteiger partial charge in [-0.05, 0) is 37.1 Å². The molecule has 0 unspecified atom stereocenters. The summed E-state index contributed by atoms with van der Waals surface area (Å²) in [4.78, 5) is 0. The molecule has 0 aromatic heterocycles. The van der Waals surface area contributed by atoms with Crippen molar-refractivity contribution in [3.8, 4) is 5.75 Å². The number of nitrogens with one attached hydrogen (secondary N) is 2. The van der Waals surface area contributed by atoms with Crippen LogP contribution in [0.2, 0.25) is 0 Å². The van der Waals surface area contributed by atoms with Gasteiger partial charge in [0.2, 0.25) is 0 Å². The van der Waals surface area contributed by atoms with Gasteiger partial charge in [0.25, 0.3) is 0 Å². The highest BCUT2D eigenvalue weighted by Crippen LogP contribution is 2.16. The Morgan fingerprint density at radius 1 is 1.39 bits per heavy atom. The maximum atomic E-state index is 5.69. The molecule has 0 atom stereocenters. The summed E-state index contributed by atoms with van der Waals surface area (Å²) in [5, 5.41) is 2.93. The van der Waals surface area contributed by atoms with Crippen molar-refractivity contribution in [2.75, 3.05) is 13.7 Å². The number of ether oxygens (including phenoxy) is 1. The first-order chi connectivity index (χ1) is 8.69. The Morgan fingerprint density at radius 3 is 2.72 bits per heavy atom. The van der Waals surface area contributed by atoms with Crippen molar-refractivity contribution >= 4 is 0 Å². The second-order valence-corrected chi connectivity index (χ2v) is 3.95. The lowest BCUT2D eigenvalue weighted by atomic mass is 10.2. The quantitative estimate of drug-likeness (QED) is 0.408. The summed E-state index contributed by atoms with van der Waals surface area (Å²) in [6.45, 7) is 4.52. The van der Waals surface area contributed by atoms with E-state index in [9.17, 15) is 0 Å². The third kappa shape index (κ3) is 4.14. The standard InChI is InChI=1S/C14H21N3O/c1-11(13(17-15)10-16-3)8-9-18-14-7-5-4-6-12(14)2/h4-8,10,16-17H,9,15H2,1-3H3/b11-8-,13-10+. The largest absolute Gasteiger partial charge is 0.489 e. The number of hydrazine groups is 1. The van der Waals surface area contributed by atoms with Crippen molar-refractivity contribution in [1.82, 2.24) is 10.7 Å². The highest BCUT2D eigenvalue weighted by Gasteiger charge is 1.98. The second kappa shape index (κ2) is 7.40. The molecule has 0 fully saturated rings. The molecule has 1 aromatic rings. The minimum atomic E-state index is 0.513. The van der Waals surface area contributed by atoms with E-state index in [-0.39, 0.29) is 0 Å². The average Bonchev–Trinajstić information content (AvgIpc) is 2.38. The molecule has 0 aliphatic heterocycles. The fraction of sp³-hybridized carbons (Fsp3) is 0.286. The van der Waals surface area contributed by atoms with Gasteiger partial charge in [-0.25, -0.2) is 0 Å². The highest BCUT2D eigenvalue weighted by molar-refractivity contribution is 5.32. The van der Waals surface area contributed by atoms with E-state index in [1.807, 2.05) is 51.2 Å². The van der Waals surface area contributed by atoms with Crippen LogP contribution in [0.5, 0.6) is 5.75 Å². The second-order valence-electron chi connectivity index (χ2n) is 3.95. The molecule has 1 rings (SSSR count). The summed E-state index contributed by atoms with van der Waals surface area (Å²) in [5.74, 6) is 6.33. The van der Waals surface area contributed by atoms with Crippen LogP contribution in [0.25, 0.3) is 0 Å². The first-order valence-electron chi connectivity index (χ1n) is 5.88. The van der Waals surface area contributed by atoms with Crippen molar-refractivity contribution in [3.05, 3.63) is 53.4 Å². The number of allylic oxidation sites excluding steroid dienone is 1. The number of hydrogen-bond donors (Lipinski definition) is 3. The van der Waals surface area contributed by atoms with Gasteiger partial charge in [-0.1, -0.05) is 18.2 Å². The smallest absolute Gasteiger partial charge is 0.122 e. The number of rotatable bonds is 6. The van der Waals surface area contributed by atoms with Crippen LogP contribution in [0.4, 0.5) is 0 Å². The molecule has 18 heavy (non-hydrogen) atoms. The van der Waals surface area contributed by atoms with Gasteiger partial charge in [-0.3, -0.25) is 5.84 Å². The van der Waals surface area contributed by atoms with Crippen molar-refractivity contribution in [2.45, 2.75) is 13.8 Å². The molecule has 1 aromatic carbocycles. The van der Waals surface area contributed by atoms with Crippen molar-refractivity contribution < 1.29 is 4.74 Å². The number of hydrogen-bond acceptors (Lipinski definition) is 4. The van der Waals surface area contributed by atoms with Gasteiger partial charge in [0, 0.05) is 13.2 Å². The molecule has 0 heterocycles. The Bertz CT molecular complexity index is 438. The van der Waals surface area contributed by atoms with Gasteiger partial charge in [0.15, 0.2) is 0 Å². The molecule has 4 heteroatoms. The fourth-order valence-electron chi connectivity index (χ4n) is 1.50. The Labute approximate surface area is 108 Å². The number of benzene rings is 1. The Balaban J connectivity index is 2.60. The first kappa shape index (κ1) is 14.1. The van der Waals surface area contributed by atoms with Gasteiger partial charge in [0.1, 0.15) is 12.4 Å². The van der Waals surface area contributed by atoms with Crippen LogP contribution >= 0.6 is 0 Å². The van der Waals surface area contributed by atoms with Gasteiger partial charge in [-0.2, -0.15) is 0 Å². The Hall–Kier alpha value is -1.94. The van der Waals surface area contributed by atoms with Crippen LogP contribution in [0.1, 0.15) is 12.5 Å². The van der Waals surface area contributed by atoms with E-state index in [0.717, 1.165) is 22.6 Å². The summed E-state index contributed by atoms with van der Waals surface area (Å²) in [6, 6.07) is 7.95. The van der Waals surface area contributed by atoms with E-state index in [4.69, 9.17) is 10.6 Å². The molecule has 98 valence electrons. The van der Waals surface area contributed by atoms with E-state index in [2.05, 4.69) is 10.7 Å². The van der Waals surface area contributed by atoms with Crippen molar-refractivity contribution in [3.63, 3.8) is 0 Å². The molecule has 0 bridgehead atoms.